The highest BCUT2D eigenvalue weighted by Crippen LogP contribution is 2.29. The second-order valence-corrected chi connectivity index (χ2v) is 6.85. The van der Waals surface area contributed by atoms with E-state index < -0.39 is 0 Å². The highest BCUT2D eigenvalue weighted by Gasteiger charge is 2.11. The number of hydrogen-bond donors (Lipinski definition) is 1. The van der Waals surface area contributed by atoms with Crippen molar-refractivity contribution in [1.29, 1.82) is 0 Å². The summed E-state index contributed by atoms with van der Waals surface area (Å²) < 4.78 is 18.1. The lowest BCUT2D eigenvalue weighted by atomic mass is 10.2. The molecule has 3 rings (SSSR count). The van der Waals surface area contributed by atoms with Crippen LogP contribution in [0.25, 0.3) is 10.6 Å². The highest BCUT2D eigenvalue weighted by atomic mass is 32.1. The summed E-state index contributed by atoms with van der Waals surface area (Å²) in [5.74, 6) is 0.251. The average molecular weight is 370 g/mol. The zero-order valence-corrected chi connectivity index (χ0v) is 15.4. The van der Waals surface area contributed by atoms with Gasteiger partial charge in [-0.15, -0.1) is 11.3 Å². The molecule has 0 aliphatic carbocycles. The Kier molecular flexibility index (Phi) is 5.63. The number of aromatic nitrogens is 1. The normalized spacial score (nSPS) is 10.6. The molecular formula is C20H19FN2O2S. The molecule has 3 aromatic rings. The summed E-state index contributed by atoms with van der Waals surface area (Å²) >= 11 is 1.62. The standard InChI is InChI=1S/C20H19FN2O2S/c1-13-18(11-12-22-19(24)14-3-7-16(21)8-4-14)26-20(23-13)15-5-9-17(25-2)10-6-15/h3-10H,11-12H2,1-2H3,(H,22,24). The molecule has 4 nitrogen and oxygen atoms in total. The van der Waals surface area contributed by atoms with Crippen LogP contribution in [0.5, 0.6) is 5.75 Å². The Balaban J connectivity index is 1.60. The van der Waals surface area contributed by atoms with Gasteiger partial charge in [-0.1, -0.05) is 0 Å². The van der Waals surface area contributed by atoms with E-state index >= 15 is 0 Å². The molecule has 0 fully saturated rings. The molecule has 1 heterocycles. The fraction of sp³-hybridized carbons (Fsp3) is 0.200. The van der Waals surface area contributed by atoms with E-state index in [1.165, 1.54) is 24.3 Å². The minimum Gasteiger partial charge on any atom is -0.497 e. The molecule has 0 aliphatic rings. The number of nitrogens with one attached hydrogen (secondary N) is 1. The van der Waals surface area contributed by atoms with Gasteiger partial charge in [0.2, 0.25) is 0 Å². The fourth-order valence-corrected chi connectivity index (χ4v) is 3.58. The van der Waals surface area contributed by atoms with Crippen molar-refractivity contribution in [3.63, 3.8) is 0 Å². The Morgan fingerprint density at radius 3 is 2.50 bits per heavy atom. The van der Waals surface area contributed by atoms with Gasteiger partial charge in [-0.05, 0) is 55.5 Å². The molecule has 2 aromatic carbocycles. The van der Waals surface area contributed by atoms with Crippen LogP contribution >= 0.6 is 11.3 Å². The monoisotopic (exact) mass is 370 g/mol. The second kappa shape index (κ2) is 8.10. The number of carbonyl (C=O) groups excluding carboxylic acids is 1. The quantitative estimate of drug-likeness (QED) is 0.706. The Morgan fingerprint density at radius 2 is 1.85 bits per heavy atom. The van der Waals surface area contributed by atoms with E-state index in [9.17, 15) is 9.18 Å². The number of ether oxygens (including phenoxy) is 1. The van der Waals surface area contributed by atoms with Gasteiger partial charge in [0, 0.05) is 29.0 Å². The number of carbonyl (C=O) groups is 1. The van der Waals surface area contributed by atoms with Gasteiger partial charge in [0.05, 0.1) is 12.8 Å². The second-order valence-electron chi connectivity index (χ2n) is 5.77. The van der Waals surface area contributed by atoms with Crippen molar-refractivity contribution < 1.29 is 13.9 Å². The summed E-state index contributed by atoms with van der Waals surface area (Å²) in [7, 11) is 1.64. The minimum absolute atomic E-state index is 0.206. The number of halogens is 1. The zero-order chi connectivity index (χ0) is 18.5. The molecule has 26 heavy (non-hydrogen) atoms. The van der Waals surface area contributed by atoms with Gasteiger partial charge >= 0.3 is 0 Å². The summed E-state index contributed by atoms with van der Waals surface area (Å²) in [5.41, 5.74) is 2.46. The topological polar surface area (TPSA) is 51.2 Å². The van der Waals surface area contributed by atoms with E-state index in [2.05, 4.69) is 10.3 Å². The van der Waals surface area contributed by atoms with Crippen LogP contribution in [0.2, 0.25) is 0 Å². The van der Waals surface area contributed by atoms with Gasteiger partial charge in [-0.2, -0.15) is 0 Å². The van der Waals surface area contributed by atoms with Gasteiger partial charge in [-0.3, -0.25) is 4.79 Å². The SMILES string of the molecule is COc1ccc(-c2nc(C)c(CCNC(=O)c3ccc(F)cc3)s2)cc1. The van der Waals surface area contributed by atoms with Crippen molar-refractivity contribution >= 4 is 17.2 Å². The molecule has 0 radical (unpaired) electrons. The van der Waals surface area contributed by atoms with Crippen molar-refractivity contribution in [2.24, 2.45) is 0 Å². The van der Waals surface area contributed by atoms with Crippen LogP contribution in [0.4, 0.5) is 4.39 Å². The van der Waals surface area contributed by atoms with E-state index in [1.54, 1.807) is 18.4 Å². The number of methoxy groups -OCH3 is 1. The lowest BCUT2D eigenvalue weighted by molar-refractivity contribution is 0.0954. The number of thiazole rings is 1. The van der Waals surface area contributed by atoms with Crippen LogP contribution in [0.3, 0.4) is 0 Å². The average Bonchev–Trinajstić information content (AvgIpc) is 3.03. The van der Waals surface area contributed by atoms with Crippen LogP contribution in [0.15, 0.2) is 48.5 Å². The van der Waals surface area contributed by atoms with Gasteiger partial charge in [-0.25, -0.2) is 9.37 Å². The molecule has 0 unspecified atom stereocenters. The molecule has 6 heteroatoms. The Bertz CT molecular complexity index is 889. The van der Waals surface area contributed by atoms with E-state index in [1.807, 2.05) is 31.2 Å². The predicted octanol–water partition coefficient (Wildman–Crippen LogP) is 4.24. The number of rotatable bonds is 6. The third-order valence-corrected chi connectivity index (χ3v) is 5.24. The fourth-order valence-electron chi connectivity index (χ4n) is 2.51. The van der Waals surface area contributed by atoms with Crippen molar-refractivity contribution in [3.05, 3.63) is 70.5 Å². The van der Waals surface area contributed by atoms with Crippen molar-refractivity contribution in [2.45, 2.75) is 13.3 Å². The molecule has 0 atom stereocenters. The Hall–Kier alpha value is -2.73. The summed E-state index contributed by atoms with van der Waals surface area (Å²) in [4.78, 5) is 17.8. The zero-order valence-electron chi connectivity index (χ0n) is 14.6. The Morgan fingerprint density at radius 1 is 1.15 bits per heavy atom. The van der Waals surface area contributed by atoms with Gasteiger partial charge in [0.15, 0.2) is 0 Å². The number of nitrogens with zero attached hydrogens (tertiary/aromatic N) is 1. The molecule has 0 aliphatic heterocycles. The van der Waals surface area contributed by atoms with Gasteiger partial charge in [0.1, 0.15) is 16.6 Å². The number of amides is 1. The van der Waals surface area contributed by atoms with Gasteiger partial charge < -0.3 is 10.1 Å². The van der Waals surface area contributed by atoms with Crippen LogP contribution in [0.1, 0.15) is 20.9 Å². The van der Waals surface area contributed by atoms with Crippen LogP contribution in [-0.4, -0.2) is 24.5 Å². The predicted molar refractivity (Wildman–Crippen MR) is 101 cm³/mol. The maximum atomic E-state index is 12.9. The first-order chi connectivity index (χ1) is 12.6. The molecule has 1 amide bonds. The largest absolute Gasteiger partial charge is 0.497 e. The highest BCUT2D eigenvalue weighted by molar-refractivity contribution is 7.15. The molecule has 1 N–H and O–H groups in total. The van der Waals surface area contributed by atoms with Crippen LogP contribution in [-0.2, 0) is 6.42 Å². The third-order valence-electron chi connectivity index (χ3n) is 3.97. The van der Waals surface area contributed by atoms with E-state index in [-0.39, 0.29) is 11.7 Å². The van der Waals surface area contributed by atoms with Crippen molar-refractivity contribution in [3.8, 4) is 16.3 Å². The van der Waals surface area contributed by atoms with E-state index in [0.717, 1.165) is 26.9 Å². The molecular weight excluding hydrogens is 351 g/mol. The maximum Gasteiger partial charge on any atom is 0.251 e. The maximum absolute atomic E-state index is 12.9. The molecule has 134 valence electrons. The first kappa shape index (κ1) is 18.1. The number of hydrogen-bond acceptors (Lipinski definition) is 4. The molecule has 0 spiro atoms. The molecule has 0 saturated carbocycles. The summed E-state index contributed by atoms with van der Waals surface area (Å²) in [6.45, 7) is 2.47. The van der Waals surface area contributed by atoms with E-state index in [0.29, 0.717) is 18.5 Å². The van der Waals surface area contributed by atoms with Crippen LogP contribution < -0.4 is 10.1 Å². The molecule has 0 saturated heterocycles. The smallest absolute Gasteiger partial charge is 0.251 e. The first-order valence-electron chi connectivity index (χ1n) is 8.21. The van der Waals surface area contributed by atoms with E-state index in [4.69, 9.17) is 4.74 Å². The molecule has 1 aromatic heterocycles. The first-order valence-corrected chi connectivity index (χ1v) is 9.03. The number of benzene rings is 2. The number of aryl methyl sites for hydroxylation is 1. The lowest BCUT2D eigenvalue weighted by Crippen LogP contribution is -2.25. The van der Waals surface area contributed by atoms with Crippen molar-refractivity contribution in [2.75, 3.05) is 13.7 Å². The van der Waals surface area contributed by atoms with Gasteiger partial charge in [0.25, 0.3) is 5.91 Å². The Labute approximate surface area is 155 Å². The summed E-state index contributed by atoms with van der Waals surface area (Å²) in [6.07, 6.45) is 0.701. The van der Waals surface area contributed by atoms with Crippen LogP contribution in [0, 0.1) is 12.7 Å². The van der Waals surface area contributed by atoms with Crippen molar-refractivity contribution in [1.82, 2.24) is 10.3 Å². The summed E-state index contributed by atoms with van der Waals surface area (Å²) in [6, 6.07) is 13.3. The lowest BCUT2D eigenvalue weighted by Gasteiger charge is -2.04. The minimum atomic E-state index is -0.354. The third kappa shape index (κ3) is 4.26. The summed E-state index contributed by atoms with van der Waals surface area (Å²) in [5, 5.41) is 3.81. The molecule has 0 bridgehead atoms.